The minimum Gasteiger partial charge on any atom is -0.393 e. The Balaban J connectivity index is 2.03. The highest BCUT2D eigenvalue weighted by Crippen LogP contribution is 2.09. The first kappa shape index (κ1) is 12.3. The van der Waals surface area contributed by atoms with Crippen molar-refractivity contribution in [2.24, 2.45) is 0 Å². The number of hydrogen-bond acceptors (Lipinski definition) is 1. The number of benzene rings is 1. The van der Waals surface area contributed by atoms with Crippen LogP contribution in [0.25, 0.3) is 0 Å². The van der Waals surface area contributed by atoms with Crippen LogP contribution in [0.4, 0.5) is 0 Å². The Bertz CT molecular complexity index is 243. The molecule has 0 bridgehead atoms. The van der Waals surface area contributed by atoms with Gasteiger partial charge in [-0.25, -0.2) is 0 Å². The van der Waals surface area contributed by atoms with E-state index in [4.69, 9.17) is 0 Å². The third-order valence-electron chi connectivity index (χ3n) is 2.82. The third-order valence-corrected chi connectivity index (χ3v) is 2.82. The molecule has 1 N–H and O–H groups in total. The Morgan fingerprint density at radius 1 is 1.07 bits per heavy atom. The molecule has 0 saturated carbocycles. The molecule has 0 fully saturated rings. The lowest BCUT2D eigenvalue weighted by Crippen LogP contribution is -2.03. The number of unbranched alkanes of at least 4 members (excludes halogenated alkanes) is 2. The minimum atomic E-state index is -0.0817. The Kier molecular flexibility index (Phi) is 6.10. The maximum absolute atomic E-state index is 9.37. The largest absolute Gasteiger partial charge is 0.393 e. The maximum Gasteiger partial charge on any atom is 0.0537 e. The molecule has 1 rings (SSSR count). The summed E-state index contributed by atoms with van der Waals surface area (Å²) in [5.74, 6) is 0. The number of aliphatic hydroxyl groups excluding tert-OH is 1. The van der Waals surface area contributed by atoms with E-state index in [-0.39, 0.29) is 6.10 Å². The summed E-state index contributed by atoms with van der Waals surface area (Å²) in [5.41, 5.74) is 1.42. The van der Waals surface area contributed by atoms with Crippen molar-refractivity contribution in [2.75, 3.05) is 0 Å². The van der Waals surface area contributed by atoms with E-state index >= 15 is 0 Å². The van der Waals surface area contributed by atoms with Gasteiger partial charge in [0.2, 0.25) is 0 Å². The Labute approximate surface area is 93.1 Å². The number of aliphatic hydroxyl groups is 1. The van der Waals surface area contributed by atoms with Gasteiger partial charge >= 0.3 is 0 Å². The molecule has 0 aliphatic rings. The fourth-order valence-electron chi connectivity index (χ4n) is 1.73. The molecule has 0 aromatic heterocycles. The lowest BCUT2D eigenvalue weighted by atomic mass is 10.0. The zero-order chi connectivity index (χ0) is 10.9. The molecule has 0 aliphatic heterocycles. The SMILES string of the molecule is CC[C@H](O)CCCCCc1ccccc1. The zero-order valence-corrected chi connectivity index (χ0v) is 9.65. The van der Waals surface area contributed by atoms with Gasteiger partial charge in [-0.15, -0.1) is 0 Å². The first-order chi connectivity index (χ1) is 7.33. The van der Waals surface area contributed by atoms with Crippen LogP contribution in [0.15, 0.2) is 30.3 Å². The minimum absolute atomic E-state index is 0.0817. The van der Waals surface area contributed by atoms with E-state index < -0.39 is 0 Å². The summed E-state index contributed by atoms with van der Waals surface area (Å²) in [6.07, 6.45) is 6.56. The van der Waals surface area contributed by atoms with E-state index in [1.54, 1.807) is 0 Å². The lowest BCUT2D eigenvalue weighted by Gasteiger charge is -2.06. The maximum atomic E-state index is 9.37. The van der Waals surface area contributed by atoms with Crippen LogP contribution in [0.5, 0.6) is 0 Å². The molecule has 1 aromatic rings. The van der Waals surface area contributed by atoms with Gasteiger partial charge in [-0.2, -0.15) is 0 Å². The molecular formula is C14H22O. The van der Waals surface area contributed by atoms with Crippen molar-refractivity contribution in [1.82, 2.24) is 0 Å². The first-order valence-corrected chi connectivity index (χ1v) is 6.05. The molecule has 1 heteroatoms. The standard InChI is InChI=1S/C14H22O/c1-2-14(15)12-8-4-7-11-13-9-5-3-6-10-13/h3,5-6,9-10,14-15H,2,4,7-8,11-12H2,1H3/t14-/m0/s1. The second-order valence-electron chi connectivity index (χ2n) is 4.15. The highest BCUT2D eigenvalue weighted by atomic mass is 16.3. The summed E-state index contributed by atoms with van der Waals surface area (Å²) >= 11 is 0. The Hall–Kier alpha value is -0.820. The fourth-order valence-corrected chi connectivity index (χ4v) is 1.73. The average Bonchev–Trinajstić information content (AvgIpc) is 2.29. The molecule has 0 heterocycles. The summed E-state index contributed by atoms with van der Waals surface area (Å²) in [7, 11) is 0. The van der Waals surface area contributed by atoms with E-state index in [0.717, 1.165) is 19.3 Å². The van der Waals surface area contributed by atoms with Gasteiger partial charge in [-0.3, -0.25) is 0 Å². The molecule has 0 saturated heterocycles. The van der Waals surface area contributed by atoms with Gasteiger partial charge in [-0.05, 0) is 31.2 Å². The second kappa shape index (κ2) is 7.47. The van der Waals surface area contributed by atoms with Gasteiger partial charge < -0.3 is 5.11 Å². The van der Waals surface area contributed by atoms with Crippen molar-refractivity contribution in [3.63, 3.8) is 0 Å². The highest BCUT2D eigenvalue weighted by molar-refractivity contribution is 5.14. The molecule has 1 aromatic carbocycles. The summed E-state index contributed by atoms with van der Waals surface area (Å²) in [6, 6.07) is 10.6. The Morgan fingerprint density at radius 2 is 1.80 bits per heavy atom. The van der Waals surface area contributed by atoms with Gasteiger partial charge in [0.25, 0.3) is 0 Å². The van der Waals surface area contributed by atoms with Crippen LogP contribution in [-0.2, 0) is 6.42 Å². The van der Waals surface area contributed by atoms with Crippen molar-refractivity contribution in [2.45, 2.75) is 51.6 Å². The average molecular weight is 206 g/mol. The molecule has 15 heavy (non-hydrogen) atoms. The molecule has 0 amide bonds. The van der Waals surface area contributed by atoms with Crippen LogP contribution in [0.2, 0.25) is 0 Å². The van der Waals surface area contributed by atoms with E-state index in [1.807, 2.05) is 6.92 Å². The van der Waals surface area contributed by atoms with Crippen LogP contribution in [0.3, 0.4) is 0 Å². The van der Waals surface area contributed by atoms with Gasteiger partial charge in [0, 0.05) is 0 Å². The number of hydrogen-bond donors (Lipinski definition) is 1. The predicted molar refractivity (Wildman–Crippen MR) is 64.9 cm³/mol. The smallest absolute Gasteiger partial charge is 0.0537 e. The Morgan fingerprint density at radius 3 is 2.47 bits per heavy atom. The molecule has 1 nitrogen and oxygen atoms in total. The van der Waals surface area contributed by atoms with Crippen LogP contribution in [0.1, 0.15) is 44.6 Å². The number of aryl methyl sites for hydroxylation is 1. The molecule has 0 spiro atoms. The van der Waals surface area contributed by atoms with E-state index in [2.05, 4.69) is 30.3 Å². The monoisotopic (exact) mass is 206 g/mol. The van der Waals surface area contributed by atoms with Crippen LogP contribution in [0, 0.1) is 0 Å². The first-order valence-electron chi connectivity index (χ1n) is 6.05. The summed E-state index contributed by atoms with van der Waals surface area (Å²) in [6.45, 7) is 2.04. The van der Waals surface area contributed by atoms with E-state index in [0.29, 0.717) is 0 Å². The van der Waals surface area contributed by atoms with Gasteiger partial charge in [0.05, 0.1) is 6.10 Å². The van der Waals surface area contributed by atoms with Crippen molar-refractivity contribution in [1.29, 1.82) is 0 Å². The van der Waals surface area contributed by atoms with Gasteiger partial charge in [-0.1, -0.05) is 50.1 Å². The molecular weight excluding hydrogens is 184 g/mol. The van der Waals surface area contributed by atoms with Crippen LogP contribution in [-0.4, -0.2) is 11.2 Å². The molecule has 84 valence electrons. The quantitative estimate of drug-likeness (QED) is 0.676. The van der Waals surface area contributed by atoms with Gasteiger partial charge in [0.15, 0.2) is 0 Å². The molecule has 0 aliphatic carbocycles. The highest BCUT2D eigenvalue weighted by Gasteiger charge is 1.99. The third kappa shape index (κ3) is 5.58. The van der Waals surface area contributed by atoms with Crippen molar-refractivity contribution < 1.29 is 5.11 Å². The fraction of sp³-hybridized carbons (Fsp3) is 0.571. The molecule has 0 radical (unpaired) electrons. The van der Waals surface area contributed by atoms with E-state index in [9.17, 15) is 5.11 Å². The molecule has 0 unspecified atom stereocenters. The predicted octanol–water partition coefficient (Wildman–Crippen LogP) is 3.56. The van der Waals surface area contributed by atoms with E-state index in [1.165, 1.54) is 24.8 Å². The van der Waals surface area contributed by atoms with Crippen LogP contribution >= 0.6 is 0 Å². The summed E-state index contributed by atoms with van der Waals surface area (Å²) < 4.78 is 0. The summed E-state index contributed by atoms with van der Waals surface area (Å²) in [4.78, 5) is 0. The second-order valence-corrected chi connectivity index (χ2v) is 4.15. The topological polar surface area (TPSA) is 20.2 Å². The molecule has 1 atom stereocenters. The van der Waals surface area contributed by atoms with Crippen LogP contribution < -0.4 is 0 Å². The van der Waals surface area contributed by atoms with Crippen molar-refractivity contribution in [3.05, 3.63) is 35.9 Å². The van der Waals surface area contributed by atoms with Crippen molar-refractivity contribution >= 4 is 0 Å². The summed E-state index contributed by atoms with van der Waals surface area (Å²) in [5, 5.41) is 9.37. The zero-order valence-electron chi connectivity index (χ0n) is 9.65. The van der Waals surface area contributed by atoms with Gasteiger partial charge in [0.1, 0.15) is 0 Å². The van der Waals surface area contributed by atoms with Crippen molar-refractivity contribution in [3.8, 4) is 0 Å². The lowest BCUT2D eigenvalue weighted by molar-refractivity contribution is 0.156. The normalized spacial score (nSPS) is 12.7. The number of rotatable bonds is 7.